The number of ether oxygens (including phenoxy) is 1. The van der Waals surface area contributed by atoms with Gasteiger partial charge in [-0.25, -0.2) is 0 Å². The first-order valence-corrected chi connectivity index (χ1v) is 6.29. The second-order valence-electron chi connectivity index (χ2n) is 4.88. The molecule has 0 aliphatic carbocycles. The van der Waals surface area contributed by atoms with Crippen molar-refractivity contribution in [3.05, 3.63) is 28.2 Å². The molecule has 0 spiro atoms. The Balaban J connectivity index is 2.59. The van der Waals surface area contributed by atoms with E-state index in [1.807, 2.05) is 12.1 Å². The lowest BCUT2D eigenvalue weighted by molar-refractivity contribution is 0.413. The zero-order chi connectivity index (χ0) is 12.2. The lowest BCUT2D eigenvalue weighted by atomic mass is 10.1. The Kier molecular flexibility index (Phi) is 4.81. The first-order valence-electron chi connectivity index (χ1n) is 5.50. The van der Waals surface area contributed by atoms with Gasteiger partial charge in [-0.2, -0.15) is 0 Å². The molecule has 2 nitrogen and oxygen atoms in total. The molecule has 1 aromatic rings. The minimum absolute atomic E-state index is 0.172. The molecule has 0 atom stereocenters. The lowest BCUT2D eigenvalue weighted by Gasteiger charge is -2.20. The molecule has 1 N–H and O–H groups in total. The summed E-state index contributed by atoms with van der Waals surface area (Å²) in [5.74, 6) is 0.911. The SMILES string of the molecule is COc1ccc(Br)c(CCNC(C)(C)C)c1. The van der Waals surface area contributed by atoms with Gasteiger partial charge in [0.2, 0.25) is 0 Å². The molecule has 0 saturated heterocycles. The van der Waals surface area contributed by atoms with Crippen molar-refractivity contribution < 1.29 is 4.74 Å². The monoisotopic (exact) mass is 285 g/mol. The molecular formula is C13H20BrNO. The summed E-state index contributed by atoms with van der Waals surface area (Å²) in [5, 5.41) is 3.47. The summed E-state index contributed by atoms with van der Waals surface area (Å²) in [5.41, 5.74) is 1.45. The first-order chi connectivity index (χ1) is 7.42. The summed E-state index contributed by atoms with van der Waals surface area (Å²) >= 11 is 3.56. The van der Waals surface area contributed by atoms with Crippen molar-refractivity contribution in [2.75, 3.05) is 13.7 Å². The Morgan fingerprint density at radius 1 is 1.31 bits per heavy atom. The van der Waals surface area contributed by atoms with E-state index >= 15 is 0 Å². The molecule has 1 rings (SSSR count). The lowest BCUT2D eigenvalue weighted by Crippen LogP contribution is -2.37. The van der Waals surface area contributed by atoms with E-state index in [1.54, 1.807) is 7.11 Å². The van der Waals surface area contributed by atoms with Gasteiger partial charge >= 0.3 is 0 Å². The molecule has 0 bridgehead atoms. The molecule has 0 amide bonds. The van der Waals surface area contributed by atoms with Gasteiger partial charge in [-0.3, -0.25) is 0 Å². The van der Waals surface area contributed by atoms with Crippen molar-refractivity contribution in [3.63, 3.8) is 0 Å². The number of hydrogen-bond donors (Lipinski definition) is 1. The van der Waals surface area contributed by atoms with Crippen LogP contribution in [0.15, 0.2) is 22.7 Å². The van der Waals surface area contributed by atoms with E-state index < -0.39 is 0 Å². The third-order valence-electron chi connectivity index (χ3n) is 2.30. The molecule has 0 heterocycles. The summed E-state index contributed by atoms with van der Waals surface area (Å²) in [6.45, 7) is 7.49. The van der Waals surface area contributed by atoms with Crippen LogP contribution in [0.5, 0.6) is 5.75 Å². The van der Waals surface area contributed by atoms with Crippen LogP contribution in [0.4, 0.5) is 0 Å². The number of methoxy groups -OCH3 is 1. The van der Waals surface area contributed by atoms with Crippen LogP contribution >= 0.6 is 15.9 Å². The van der Waals surface area contributed by atoms with E-state index in [4.69, 9.17) is 4.74 Å². The third-order valence-corrected chi connectivity index (χ3v) is 3.08. The van der Waals surface area contributed by atoms with Gasteiger partial charge in [0.05, 0.1) is 7.11 Å². The van der Waals surface area contributed by atoms with E-state index in [2.05, 4.69) is 48.1 Å². The van der Waals surface area contributed by atoms with Gasteiger partial charge in [0.25, 0.3) is 0 Å². The highest BCUT2D eigenvalue weighted by molar-refractivity contribution is 9.10. The highest BCUT2D eigenvalue weighted by Crippen LogP contribution is 2.22. The number of halogens is 1. The smallest absolute Gasteiger partial charge is 0.119 e. The van der Waals surface area contributed by atoms with Crippen molar-refractivity contribution in [2.24, 2.45) is 0 Å². The summed E-state index contributed by atoms with van der Waals surface area (Å²) in [6, 6.07) is 6.07. The first kappa shape index (κ1) is 13.5. The molecule has 3 heteroatoms. The zero-order valence-corrected chi connectivity index (χ0v) is 12.0. The normalized spacial score (nSPS) is 11.6. The number of rotatable bonds is 4. The molecule has 0 unspecified atom stereocenters. The Morgan fingerprint density at radius 2 is 2.00 bits per heavy atom. The maximum absolute atomic E-state index is 5.22. The minimum Gasteiger partial charge on any atom is -0.497 e. The standard InChI is InChI=1S/C13H20BrNO/c1-13(2,3)15-8-7-10-9-11(16-4)5-6-12(10)14/h5-6,9,15H,7-8H2,1-4H3. The van der Waals surface area contributed by atoms with Crippen LogP contribution in [0.3, 0.4) is 0 Å². The summed E-state index contributed by atoms with van der Waals surface area (Å²) in [7, 11) is 1.69. The molecule has 0 fully saturated rings. The fourth-order valence-electron chi connectivity index (χ4n) is 1.44. The Hall–Kier alpha value is -0.540. The average Bonchev–Trinajstić information content (AvgIpc) is 2.19. The number of hydrogen-bond acceptors (Lipinski definition) is 2. The van der Waals surface area contributed by atoms with Gasteiger partial charge in [-0.15, -0.1) is 0 Å². The Morgan fingerprint density at radius 3 is 2.56 bits per heavy atom. The molecule has 0 aliphatic rings. The maximum Gasteiger partial charge on any atom is 0.119 e. The van der Waals surface area contributed by atoms with Gasteiger partial charge < -0.3 is 10.1 Å². The highest BCUT2D eigenvalue weighted by atomic mass is 79.9. The second-order valence-corrected chi connectivity index (χ2v) is 5.74. The van der Waals surface area contributed by atoms with Crippen LogP contribution in [0, 0.1) is 0 Å². The van der Waals surface area contributed by atoms with Gasteiger partial charge in [0, 0.05) is 10.0 Å². The topological polar surface area (TPSA) is 21.3 Å². The second kappa shape index (κ2) is 5.69. The quantitative estimate of drug-likeness (QED) is 0.916. The maximum atomic E-state index is 5.22. The summed E-state index contributed by atoms with van der Waals surface area (Å²) in [4.78, 5) is 0. The molecule has 0 aliphatic heterocycles. The molecule has 1 aromatic carbocycles. The van der Waals surface area contributed by atoms with E-state index in [0.717, 1.165) is 23.2 Å². The Labute approximate surface area is 107 Å². The van der Waals surface area contributed by atoms with Gasteiger partial charge in [-0.05, 0) is 57.5 Å². The highest BCUT2D eigenvalue weighted by Gasteiger charge is 2.08. The zero-order valence-electron chi connectivity index (χ0n) is 10.4. The van der Waals surface area contributed by atoms with Crippen LogP contribution in [0.25, 0.3) is 0 Å². The molecule has 0 radical (unpaired) electrons. The average molecular weight is 286 g/mol. The minimum atomic E-state index is 0.172. The molecule has 0 saturated carbocycles. The van der Waals surface area contributed by atoms with E-state index in [0.29, 0.717) is 0 Å². The summed E-state index contributed by atoms with van der Waals surface area (Å²) < 4.78 is 6.36. The van der Waals surface area contributed by atoms with E-state index in [1.165, 1.54) is 5.56 Å². The predicted molar refractivity (Wildman–Crippen MR) is 72.2 cm³/mol. The number of benzene rings is 1. The van der Waals surface area contributed by atoms with Crippen molar-refractivity contribution in [2.45, 2.75) is 32.7 Å². The molecule has 16 heavy (non-hydrogen) atoms. The van der Waals surface area contributed by atoms with Crippen molar-refractivity contribution in [1.29, 1.82) is 0 Å². The van der Waals surface area contributed by atoms with E-state index in [9.17, 15) is 0 Å². The van der Waals surface area contributed by atoms with Gasteiger partial charge in [0.1, 0.15) is 5.75 Å². The largest absolute Gasteiger partial charge is 0.497 e. The third kappa shape index (κ3) is 4.54. The van der Waals surface area contributed by atoms with Crippen LogP contribution < -0.4 is 10.1 Å². The predicted octanol–water partition coefficient (Wildman–Crippen LogP) is 3.39. The molecular weight excluding hydrogens is 266 g/mol. The van der Waals surface area contributed by atoms with Gasteiger partial charge in [-0.1, -0.05) is 15.9 Å². The fourth-order valence-corrected chi connectivity index (χ4v) is 1.89. The molecule has 0 aromatic heterocycles. The van der Waals surface area contributed by atoms with Crippen LogP contribution in [-0.2, 0) is 6.42 Å². The van der Waals surface area contributed by atoms with Gasteiger partial charge in [0.15, 0.2) is 0 Å². The van der Waals surface area contributed by atoms with Crippen molar-refractivity contribution >= 4 is 15.9 Å². The summed E-state index contributed by atoms with van der Waals surface area (Å²) in [6.07, 6.45) is 0.995. The van der Waals surface area contributed by atoms with E-state index in [-0.39, 0.29) is 5.54 Å². The van der Waals surface area contributed by atoms with Crippen molar-refractivity contribution in [1.82, 2.24) is 5.32 Å². The molecule has 90 valence electrons. The van der Waals surface area contributed by atoms with Crippen LogP contribution in [0.2, 0.25) is 0 Å². The van der Waals surface area contributed by atoms with Crippen molar-refractivity contribution in [3.8, 4) is 5.75 Å². The van der Waals surface area contributed by atoms with Crippen LogP contribution in [-0.4, -0.2) is 19.2 Å². The van der Waals surface area contributed by atoms with Crippen LogP contribution in [0.1, 0.15) is 26.3 Å². The fraction of sp³-hybridized carbons (Fsp3) is 0.538. The number of nitrogens with one attached hydrogen (secondary N) is 1. The Bertz CT molecular complexity index is 344.